The highest BCUT2D eigenvalue weighted by atomic mass is 16.6. The van der Waals surface area contributed by atoms with Crippen LogP contribution in [0.5, 0.6) is 0 Å². The second kappa shape index (κ2) is 10.3. The monoisotopic (exact) mass is 544 g/mol. The van der Waals surface area contributed by atoms with E-state index >= 15 is 0 Å². The molecule has 1 atom stereocenters. The maximum absolute atomic E-state index is 13.4. The number of likely N-dealkylation sites (N-methyl/N-ethyl adjacent to an activating group) is 1. The maximum Gasteiger partial charge on any atom is 0.410 e. The minimum absolute atomic E-state index is 0.0377. The van der Waals surface area contributed by atoms with Crippen LogP contribution in [0.25, 0.3) is 11.3 Å². The molecule has 210 valence electrons. The van der Waals surface area contributed by atoms with Crippen molar-refractivity contribution < 1.29 is 19.1 Å². The smallest absolute Gasteiger partial charge is 0.410 e. The van der Waals surface area contributed by atoms with Gasteiger partial charge in [-0.05, 0) is 76.9 Å². The van der Waals surface area contributed by atoms with E-state index in [9.17, 15) is 14.4 Å². The third kappa shape index (κ3) is 5.38. The van der Waals surface area contributed by atoms with Crippen LogP contribution in [-0.4, -0.2) is 69.5 Å². The van der Waals surface area contributed by atoms with Crippen molar-refractivity contribution in [1.29, 1.82) is 0 Å². The Kier molecular flexibility index (Phi) is 7.03. The zero-order valence-corrected chi connectivity index (χ0v) is 23.4. The lowest BCUT2D eigenvalue weighted by Crippen LogP contribution is -2.58. The number of nitrogens with zero attached hydrogens (tertiary/aromatic N) is 3. The summed E-state index contributed by atoms with van der Waals surface area (Å²) in [4.78, 5) is 50.6. The van der Waals surface area contributed by atoms with Crippen molar-refractivity contribution in [3.8, 4) is 11.3 Å². The van der Waals surface area contributed by atoms with E-state index in [-0.39, 0.29) is 17.9 Å². The molecule has 2 aliphatic rings. The number of hydrogen-bond acceptors (Lipinski definition) is 6. The van der Waals surface area contributed by atoms with Gasteiger partial charge in [0.05, 0.1) is 5.56 Å². The fourth-order valence-corrected chi connectivity index (χ4v) is 5.62. The molecule has 0 aliphatic carbocycles. The molecule has 2 aliphatic heterocycles. The maximum atomic E-state index is 13.4. The Morgan fingerprint density at radius 2 is 1.98 bits per heavy atom. The first-order chi connectivity index (χ1) is 19.0. The van der Waals surface area contributed by atoms with Crippen molar-refractivity contribution in [3.05, 3.63) is 65.5 Å². The van der Waals surface area contributed by atoms with Crippen molar-refractivity contribution >= 4 is 29.4 Å². The number of carbonyl (C=O) groups is 3. The number of fused-ring (bicyclic) bond motifs is 2. The number of hydrogen-bond donors (Lipinski definition) is 3. The number of likely N-dealkylation sites (tertiary alicyclic amines) is 1. The van der Waals surface area contributed by atoms with Crippen molar-refractivity contribution in [3.63, 3.8) is 0 Å². The summed E-state index contributed by atoms with van der Waals surface area (Å²) in [6, 6.07) is 12.2. The minimum atomic E-state index is -0.591. The Bertz CT molecular complexity index is 1460. The Labute approximate surface area is 233 Å². The number of benzene rings is 1. The highest BCUT2D eigenvalue weighted by molar-refractivity contribution is 6.04. The van der Waals surface area contributed by atoms with E-state index in [4.69, 9.17) is 10.5 Å². The molecule has 0 saturated carbocycles. The van der Waals surface area contributed by atoms with Crippen LogP contribution in [0.2, 0.25) is 0 Å². The topological polar surface area (TPSA) is 134 Å². The number of aromatic nitrogens is 2. The van der Waals surface area contributed by atoms with Crippen LogP contribution >= 0.6 is 0 Å². The summed E-state index contributed by atoms with van der Waals surface area (Å²) < 4.78 is 5.68. The molecule has 1 saturated heterocycles. The predicted octanol–water partition coefficient (Wildman–Crippen LogP) is 4.66. The molecule has 3 aromatic rings. The summed E-state index contributed by atoms with van der Waals surface area (Å²) in [7, 11) is 0. The molecule has 4 N–H and O–H groups in total. The van der Waals surface area contributed by atoms with Gasteiger partial charge in [0.25, 0.3) is 11.8 Å². The Morgan fingerprint density at radius 1 is 1.18 bits per heavy atom. The number of nitrogens with one attached hydrogen (secondary N) is 2. The second-order valence-corrected chi connectivity index (χ2v) is 11.6. The van der Waals surface area contributed by atoms with Gasteiger partial charge in [0.2, 0.25) is 0 Å². The fraction of sp³-hybridized carbons (Fsp3) is 0.400. The van der Waals surface area contributed by atoms with Crippen LogP contribution in [0.4, 0.5) is 16.3 Å². The van der Waals surface area contributed by atoms with Gasteiger partial charge in [0.15, 0.2) is 0 Å². The summed E-state index contributed by atoms with van der Waals surface area (Å²) in [6.07, 6.45) is 2.91. The highest BCUT2D eigenvalue weighted by Crippen LogP contribution is 2.42. The van der Waals surface area contributed by atoms with Crippen LogP contribution in [0.3, 0.4) is 0 Å². The third-order valence-corrected chi connectivity index (χ3v) is 7.43. The molecule has 40 heavy (non-hydrogen) atoms. The number of anilines is 2. The zero-order valence-electron chi connectivity index (χ0n) is 23.4. The average Bonchev–Trinajstić information content (AvgIpc) is 3.37. The summed E-state index contributed by atoms with van der Waals surface area (Å²) in [5.74, 6) is 0.0200. The van der Waals surface area contributed by atoms with Gasteiger partial charge in [-0.25, -0.2) is 9.78 Å². The molecule has 1 unspecified atom stereocenters. The van der Waals surface area contributed by atoms with Crippen molar-refractivity contribution in [2.24, 2.45) is 0 Å². The number of aromatic amines is 1. The van der Waals surface area contributed by atoms with Crippen molar-refractivity contribution in [2.75, 3.05) is 37.2 Å². The van der Waals surface area contributed by atoms with E-state index in [0.717, 1.165) is 29.8 Å². The van der Waals surface area contributed by atoms with E-state index < -0.39 is 11.0 Å². The minimum Gasteiger partial charge on any atom is -0.444 e. The zero-order chi connectivity index (χ0) is 28.7. The lowest BCUT2D eigenvalue weighted by atomic mass is 9.73. The molecule has 0 radical (unpaired) electrons. The van der Waals surface area contributed by atoms with Crippen LogP contribution < -0.4 is 11.1 Å². The lowest BCUT2D eigenvalue weighted by molar-refractivity contribution is 0.00879. The number of piperidine rings is 1. The van der Waals surface area contributed by atoms with E-state index in [1.807, 2.05) is 44.7 Å². The van der Waals surface area contributed by atoms with Gasteiger partial charge < -0.3 is 30.6 Å². The third-order valence-electron chi connectivity index (χ3n) is 7.43. The standard InChI is InChI=1S/C30H36N6O4/c1-5-35-17-30(11-7-13-36(18-30)28(39)40-29(2,3)4)25-22(27(35)38)16-23(33-25)19-10-12-32-24(15-19)34-26(37)20-8-6-9-21(31)14-20/h6,8-10,12,14-16,33H,5,7,11,13,17-18,31H2,1-4H3,(H,32,34,37). The Hall–Kier alpha value is -4.34. The Morgan fingerprint density at radius 3 is 2.70 bits per heavy atom. The number of pyridine rings is 1. The SMILES string of the molecule is CCN1CC2(CCCN(C(=O)OC(C)(C)C)C2)c2[nH]c(-c3ccnc(NC(=O)c4cccc(N)c4)c3)cc2C1=O. The Balaban J connectivity index is 1.46. The van der Waals surface area contributed by atoms with Gasteiger partial charge >= 0.3 is 6.09 Å². The van der Waals surface area contributed by atoms with E-state index in [0.29, 0.717) is 48.8 Å². The van der Waals surface area contributed by atoms with Gasteiger partial charge in [-0.15, -0.1) is 0 Å². The molecule has 2 aromatic heterocycles. The number of H-pyrrole nitrogens is 1. The normalized spacial score (nSPS) is 18.9. The molecule has 4 heterocycles. The molecule has 1 aromatic carbocycles. The van der Waals surface area contributed by atoms with E-state index in [1.165, 1.54) is 0 Å². The van der Waals surface area contributed by atoms with E-state index in [1.54, 1.807) is 41.4 Å². The first-order valence-corrected chi connectivity index (χ1v) is 13.6. The number of ether oxygens (including phenoxy) is 1. The molecule has 0 bridgehead atoms. The van der Waals surface area contributed by atoms with Crippen molar-refractivity contribution in [1.82, 2.24) is 19.8 Å². The summed E-state index contributed by atoms with van der Waals surface area (Å²) in [5.41, 5.74) is 8.69. The van der Waals surface area contributed by atoms with Gasteiger partial charge in [0, 0.05) is 66.0 Å². The number of carbonyl (C=O) groups excluding carboxylic acids is 3. The second-order valence-electron chi connectivity index (χ2n) is 11.6. The van der Waals surface area contributed by atoms with Crippen LogP contribution in [0.1, 0.15) is 66.9 Å². The summed E-state index contributed by atoms with van der Waals surface area (Å²) >= 11 is 0. The summed E-state index contributed by atoms with van der Waals surface area (Å²) in [5, 5.41) is 2.82. The van der Waals surface area contributed by atoms with E-state index in [2.05, 4.69) is 15.3 Å². The van der Waals surface area contributed by atoms with Crippen LogP contribution in [0, 0.1) is 0 Å². The van der Waals surface area contributed by atoms with Gasteiger partial charge in [0.1, 0.15) is 11.4 Å². The number of rotatable bonds is 4. The molecule has 10 nitrogen and oxygen atoms in total. The fourth-order valence-electron chi connectivity index (χ4n) is 5.62. The molecular weight excluding hydrogens is 508 g/mol. The van der Waals surface area contributed by atoms with Gasteiger partial charge in [-0.3, -0.25) is 9.59 Å². The first-order valence-electron chi connectivity index (χ1n) is 13.6. The number of nitrogen functional groups attached to an aromatic ring is 1. The summed E-state index contributed by atoms with van der Waals surface area (Å²) in [6.45, 7) is 9.71. The molecule has 1 fully saturated rings. The molecular formula is C30H36N6O4. The quantitative estimate of drug-likeness (QED) is 0.409. The lowest BCUT2D eigenvalue weighted by Gasteiger charge is -2.47. The first kappa shape index (κ1) is 27.2. The van der Waals surface area contributed by atoms with Gasteiger partial charge in [-0.2, -0.15) is 0 Å². The molecule has 3 amide bonds. The predicted molar refractivity (Wildman–Crippen MR) is 153 cm³/mol. The van der Waals surface area contributed by atoms with Gasteiger partial charge in [-0.1, -0.05) is 6.07 Å². The average molecular weight is 545 g/mol. The van der Waals surface area contributed by atoms with Crippen molar-refractivity contribution in [2.45, 2.75) is 51.6 Å². The molecule has 5 rings (SSSR count). The molecule has 1 spiro atoms. The molecule has 10 heteroatoms. The van der Waals surface area contributed by atoms with Crippen LogP contribution in [-0.2, 0) is 10.2 Å². The number of nitrogens with two attached hydrogens (primary N) is 1. The largest absolute Gasteiger partial charge is 0.444 e. The number of amides is 3. The highest BCUT2D eigenvalue weighted by Gasteiger charge is 2.48. The van der Waals surface area contributed by atoms with Crippen LogP contribution in [0.15, 0.2) is 48.7 Å².